The highest BCUT2D eigenvalue weighted by molar-refractivity contribution is 6.42. The fourth-order valence-electron chi connectivity index (χ4n) is 8.95. The van der Waals surface area contributed by atoms with Crippen LogP contribution in [0.15, 0.2) is 24.3 Å². The third-order valence-corrected chi connectivity index (χ3v) is 11.5. The van der Waals surface area contributed by atoms with E-state index in [-0.39, 0.29) is 41.8 Å². The molecule has 9 heteroatoms. The number of piperidine rings is 1. The van der Waals surface area contributed by atoms with Crippen LogP contribution >= 0.6 is 23.2 Å². The van der Waals surface area contributed by atoms with Crippen molar-refractivity contribution in [2.45, 2.75) is 89.3 Å². The van der Waals surface area contributed by atoms with E-state index < -0.39 is 0 Å². The van der Waals surface area contributed by atoms with Gasteiger partial charge >= 0.3 is 5.97 Å². The molecule has 7 rings (SSSR count). The summed E-state index contributed by atoms with van der Waals surface area (Å²) in [6, 6.07) is 7.52. The van der Waals surface area contributed by atoms with E-state index in [4.69, 9.17) is 37.4 Å². The zero-order valence-electron chi connectivity index (χ0n) is 26.0. The smallest absolute Gasteiger partial charge is 0.308 e. The lowest BCUT2D eigenvalue weighted by Crippen LogP contribution is -2.69. The maximum absolute atomic E-state index is 14.2. The average molecular weight is 642 g/mol. The zero-order valence-corrected chi connectivity index (χ0v) is 27.5. The molecule has 3 aliphatic carbocycles. The van der Waals surface area contributed by atoms with E-state index in [1.54, 1.807) is 19.2 Å². The molecular weight excluding hydrogens is 599 g/mol. The Morgan fingerprint density at radius 1 is 1.11 bits per heavy atom. The number of ether oxygens (including phenoxy) is 3. The van der Waals surface area contributed by atoms with Crippen LogP contribution in [0.3, 0.4) is 0 Å². The van der Waals surface area contributed by atoms with Gasteiger partial charge in [0.05, 0.1) is 29.6 Å². The summed E-state index contributed by atoms with van der Waals surface area (Å²) < 4.78 is 18.8. The molecule has 2 aromatic carbocycles. The molecule has 1 amide bonds. The van der Waals surface area contributed by atoms with Crippen molar-refractivity contribution in [1.29, 1.82) is 0 Å². The molecule has 2 aromatic rings. The Bertz CT molecular complexity index is 1490. The van der Waals surface area contributed by atoms with Crippen LogP contribution in [0, 0.1) is 17.8 Å². The van der Waals surface area contributed by atoms with Gasteiger partial charge in [0.15, 0.2) is 11.5 Å². The first-order chi connectivity index (χ1) is 21.1. The summed E-state index contributed by atoms with van der Waals surface area (Å²) in [4.78, 5) is 31.3. The van der Waals surface area contributed by atoms with Crippen LogP contribution in [0.5, 0.6) is 17.2 Å². The van der Waals surface area contributed by atoms with Crippen molar-refractivity contribution in [1.82, 2.24) is 9.80 Å². The van der Waals surface area contributed by atoms with Gasteiger partial charge < -0.3 is 19.1 Å². The van der Waals surface area contributed by atoms with E-state index >= 15 is 0 Å². The summed E-state index contributed by atoms with van der Waals surface area (Å²) in [5.41, 5.74) is 2.82. The number of carbonyl (C=O) groups is 2. The molecule has 2 bridgehead atoms. The van der Waals surface area contributed by atoms with Gasteiger partial charge in [-0.05, 0) is 80.5 Å². The van der Waals surface area contributed by atoms with E-state index in [1.165, 1.54) is 19.8 Å². The molecule has 5 aliphatic rings. The van der Waals surface area contributed by atoms with Crippen molar-refractivity contribution in [3.05, 3.63) is 51.0 Å². The molecule has 7 nitrogen and oxygen atoms in total. The van der Waals surface area contributed by atoms with Crippen LogP contribution in [0.2, 0.25) is 10.0 Å². The summed E-state index contributed by atoms with van der Waals surface area (Å²) >= 11 is 12.5. The van der Waals surface area contributed by atoms with Gasteiger partial charge in [-0.25, -0.2) is 0 Å². The van der Waals surface area contributed by atoms with E-state index in [1.807, 2.05) is 12.1 Å². The SMILES string of the molecule is COc1cc(OC(C)=O)c2c3c1O[C@H]1[C@@H](N(CC(C)C)C(=O)Cc4ccc(Cl)c(Cl)c4)CC[C@H]4[C@@H](C2)N(CC2CC2)CC[C@@]341. The quantitative estimate of drug-likeness (QED) is 0.231. The molecule has 1 saturated heterocycles. The Labute approximate surface area is 270 Å². The van der Waals surface area contributed by atoms with Crippen molar-refractivity contribution < 1.29 is 23.8 Å². The van der Waals surface area contributed by atoms with E-state index in [9.17, 15) is 9.59 Å². The number of rotatable bonds is 9. The Kier molecular flexibility index (Phi) is 7.82. The maximum atomic E-state index is 14.2. The minimum atomic E-state index is -0.337. The summed E-state index contributed by atoms with van der Waals surface area (Å²) in [5.74, 6) is 3.16. The second kappa shape index (κ2) is 11.4. The van der Waals surface area contributed by atoms with Crippen LogP contribution in [0.1, 0.15) is 69.6 Å². The second-order valence-electron chi connectivity index (χ2n) is 14.0. The lowest BCUT2D eigenvalue weighted by Gasteiger charge is -2.60. The predicted molar refractivity (Wildman–Crippen MR) is 170 cm³/mol. The number of halogens is 2. The fourth-order valence-corrected chi connectivity index (χ4v) is 9.27. The van der Waals surface area contributed by atoms with Gasteiger partial charge in [0, 0.05) is 48.7 Å². The molecule has 0 N–H and O–H groups in total. The summed E-state index contributed by atoms with van der Waals surface area (Å²) in [6.45, 7) is 8.55. The Morgan fingerprint density at radius 3 is 2.59 bits per heavy atom. The monoisotopic (exact) mass is 640 g/mol. The van der Waals surface area contributed by atoms with Gasteiger partial charge in [0.2, 0.25) is 5.91 Å². The largest absolute Gasteiger partial charge is 0.493 e. The summed E-state index contributed by atoms with van der Waals surface area (Å²) in [6.07, 6.45) is 6.35. The normalized spacial score (nSPS) is 28.3. The summed E-state index contributed by atoms with van der Waals surface area (Å²) in [5, 5.41) is 0.935. The molecule has 2 aliphatic heterocycles. The molecule has 3 fully saturated rings. The van der Waals surface area contributed by atoms with Crippen molar-refractivity contribution in [2.24, 2.45) is 17.8 Å². The zero-order chi connectivity index (χ0) is 30.9. The molecule has 1 spiro atoms. The minimum Gasteiger partial charge on any atom is -0.493 e. The van der Waals surface area contributed by atoms with Gasteiger partial charge in [0.1, 0.15) is 11.9 Å². The number of methoxy groups -OCH3 is 1. The van der Waals surface area contributed by atoms with Gasteiger partial charge in [-0.3, -0.25) is 14.5 Å². The van der Waals surface area contributed by atoms with Gasteiger partial charge in [-0.15, -0.1) is 0 Å². The highest BCUT2D eigenvalue weighted by Gasteiger charge is 2.67. The Hall–Kier alpha value is -2.48. The van der Waals surface area contributed by atoms with E-state index in [2.05, 4.69) is 23.6 Å². The molecule has 0 unspecified atom stereocenters. The first-order valence-electron chi connectivity index (χ1n) is 16.2. The standard InChI is InChI=1S/C35H42Cl2N2O5/c1-19(2)17-39(31(41)14-22-7-9-25(36)26(37)13-22)27-10-8-24-28-15-23-29(43-20(3)40)16-30(42-4)33-32(23)35(24,34(27)44-33)11-12-38(28)18-21-5-6-21/h7,9,13,16,19,21,24,27-28,34H,5-6,8,10-12,14-15,17-18H2,1-4H3/t24-,27-,28+,34-,35-/m0/s1. The van der Waals surface area contributed by atoms with Crippen LogP contribution < -0.4 is 14.2 Å². The van der Waals surface area contributed by atoms with Gasteiger partial charge in [-0.1, -0.05) is 43.1 Å². The number of benzene rings is 2. The average Bonchev–Trinajstić information content (AvgIpc) is 3.73. The first kappa shape index (κ1) is 30.2. The Balaban J connectivity index is 1.31. The number of esters is 1. The van der Waals surface area contributed by atoms with E-state index in [0.29, 0.717) is 40.0 Å². The second-order valence-corrected chi connectivity index (χ2v) is 14.8. The molecule has 2 heterocycles. The highest BCUT2D eigenvalue weighted by atomic mass is 35.5. The van der Waals surface area contributed by atoms with Crippen molar-refractivity contribution in [3.63, 3.8) is 0 Å². The minimum absolute atomic E-state index is 0.0721. The van der Waals surface area contributed by atoms with E-state index in [0.717, 1.165) is 67.1 Å². The number of hydrogen-bond donors (Lipinski definition) is 0. The number of hydrogen-bond acceptors (Lipinski definition) is 6. The molecule has 236 valence electrons. The van der Waals surface area contributed by atoms with Crippen LogP contribution in [-0.2, 0) is 27.8 Å². The third kappa shape index (κ3) is 4.98. The van der Waals surface area contributed by atoms with Crippen molar-refractivity contribution >= 4 is 35.1 Å². The molecule has 0 aromatic heterocycles. The predicted octanol–water partition coefficient (Wildman–Crippen LogP) is 6.47. The summed E-state index contributed by atoms with van der Waals surface area (Å²) in [7, 11) is 1.64. The van der Waals surface area contributed by atoms with Crippen molar-refractivity contribution in [2.75, 3.05) is 26.7 Å². The van der Waals surface area contributed by atoms with Crippen LogP contribution in [0.4, 0.5) is 0 Å². The molecule has 44 heavy (non-hydrogen) atoms. The van der Waals surface area contributed by atoms with Crippen molar-refractivity contribution in [3.8, 4) is 17.2 Å². The molecule has 5 atom stereocenters. The number of nitrogens with zero attached hydrogens (tertiary/aromatic N) is 2. The van der Waals surface area contributed by atoms with Gasteiger partial charge in [0.25, 0.3) is 0 Å². The molecule has 2 saturated carbocycles. The maximum Gasteiger partial charge on any atom is 0.308 e. The van der Waals surface area contributed by atoms with Crippen LogP contribution in [-0.4, -0.2) is 66.6 Å². The highest BCUT2D eigenvalue weighted by Crippen LogP contribution is 2.66. The van der Waals surface area contributed by atoms with Crippen LogP contribution in [0.25, 0.3) is 0 Å². The fraction of sp³-hybridized carbons (Fsp3) is 0.600. The third-order valence-electron chi connectivity index (χ3n) is 10.8. The lowest BCUT2D eigenvalue weighted by molar-refractivity contribution is -0.143. The first-order valence-corrected chi connectivity index (χ1v) is 16.9. The number of carbonyl (C=O) groups excluding carboxylic acids is 2. The molecule has 0 radical (unpaired) electrons. The Morgan fingerprint density at radius 2 is 1.91 bits per heavy atom. The lowest BCUT2D eigenvalue weighted by atomic mass is 9.50. The van der Waals surface area contributed by atoms with Gasteiger partial charge in [-0.2, -0.15) is 0 Å². The topological polar surface area (TPSA) is 68.3 Å². The molecular formula is C35H42Cl2N2O5. The number of amides is 1. The number of likely N-dealkylation sites (tertiary alicyclic amines) is 1.